The maximum Gasteiger partial charge on any atom is 0.218 e. The summed E-state index contributed by atoms with van der Waals surface area (Å²) in [6.45, 7) is 2.12. The summed E-state index contributed by atoms with van der Waals surface area (Å²) in [4.78, 5) is 0. The number of benzene rings is 1. The lowest BCUT2D eigenvalue weighted by Gasteiger charge is -2.42. The van der Waals surface area contributed by atoms with E-state index in [1.807, 2.05) is 0 Å². The molecular weight excluding hydrogens is 309 g/mol. The summed E-state index contributed by atoms with van der Waals surface area (Å²) in [5.74, 6) is -1.07. The molecule has 0 atom stereocenters. The van der Waals surface area contributed by atoms with Gasteiger partial charge in [0.2, 0.25) is 10.0 Å². The van der Waals surface area contributed by atoms with Crippen molar-refractivity contribution in [3.63, 3.8) is 0 Å². The maximum atomic E-state index is 12.9. The molecule has 5 nitrogen and oxygen atoms in total. The van der Waals surface area contributed by atoms with Crippen molar-refractivity contribution < 1.29 is 22.3 Å². The Kier molecular flexibility index (Phi) is 4.49. The first-order valence-corrected chi connectivity index (χ1v) is 9.10. The molecule has 2 heterocycles. The molecule has 122 valence electrons. The molecule has 0 bridgehead atoms. The van der Waals surface area contributed by atoms with Gasteiger partial charge in [-0.2, -0.15) is 0 Å². The van der Waals surface area contributed by atoms with E-state index in [9.17, 15) is 12.8 Å². The largest absolute Gasteiger partial charge is 0.350 e. The highest BCUT2D eigenvalue weighted by Crippen LogP contribution is 2.32. The van der Waals surface area contributed by atoms with E-state index >= 15 is 0 Å². The van der Waals surface area contributed by atoms with Gasteiger partial charge < -0.3 is 9.47 Å². The third kappa shape index (κ3) is 3.48. The van der Waals surface area contributed by atoms with E-state index in [-0.39, 0.29) is 11.6 Å². The molecule has 1 aromatic rings. The van der Waals surface area contributed by atoms with Crippen LogP contribution in [0.5, 0.6) is 0 Å². The van der Waals surface area contributed by atoms with Gasteiger partial charge >= 0.3 is 0 Å². The van der Waals surface area contributed by atoms with Gasteiger partial charge in [-0.15, -0.1) is 0 Å². The van der Waals surface area contributed by atoms with Crippen molar-refractivity contribution in [3.8, 4) is 0 Å². The molecule has 2 aliphatic heterocycles. The Balaban J connectivity index is 1.63. The summed E-state index contributed by atoms with van der Waals surface area (Å²) in [5.41, 5.74) is 0.590. The highest BCUT2D eigenvalue weighted by Gasteiger charge is 2.41. The van der Waals surface area contributed by atoms with E-state index in [0.717, 1.165) is 6.42 Å². The summed E-state index contributed by atoms with van der Waals surface area (Å²) in [6.07, 6.45) is 1.99. The molecule has 3 rings (SSSR count). The van der Waals surface area contributed by atoms with Gasteiger partial charge in [0, 0.05) is 25.9 Å². The molecule has 2 fully saturated rings. The van der Waals surface area contributed by atoms with E-state index in [4.69, 9.17) is 9.47 Å². The van der Waals surface area contributed by atoms with Crippen LogP contribution in [-0.2, 0) is 25.2 Å². The van der Waals surface area contributed by atoms with Crippen molar-refractivity contribution in [1.82, 2.24) is 4.31 Å². The van der Waals surface area contributed by atoms with Crippen LogP contribution in [0.25, 0.3) is 0 Å². The predicted molar refractivity (Wildman–Crippen MR) is 79.1 cm³/mol. The zero-order chi connectivity index (χ0) is 15.6. The number of ether oxygens (including phenoxy) is 2. The Bertz CT molecular complexity index is 601. The molecule has 0 saturated carbocycles. The predicted octanol–water partition coefficient (Wildman–Crippen LogP) is 1.88. The molecule has 0 unspecified atom stereocenters. The van der Waals surface area contributed by atoms with Crippen LogP contribution in [0.15, 0.2) is 24.3 Å². The van der Waals surface area contributed by atoms with Gasteiger partial charge in [-0.05, 0) is 24.1 Å². The Labute approximate surface area is 130 Å². The fraction of sp³-hybridized carbons (Fsp3) is 0.600. The molecule has 0 aliphatic carbocycles. The summed E-state index contributed by atoms with van der Waals surface area (Å²) < 4.78 is 50.7. The van der Waals surface area contributed by atoms with Gasteiger partial charge in [0.15, 0.2) is 5.79 Å². The first-order chi connectivity index (χ1) is 10.5. The van der Waals surface area contributed by atoms with Gasteiger partial charge in [0.25, 0.3) is 0 Å². The van der Waals surface area contributed by atoms with Crippen LogP contribution in [0.3, 0.4) is 0 Å². The molecular formula is C15H20FNO4S. The van der Waals surface area contributed by atoms with Crippen molar-refractivity contribution in [1.29, 1.82) is 0 Å². The van der Waals surface area contributed by atoms with Gasteiger partial charge in [-0.25, -0.2) is 17.1 Å². The molecule has 1 spiro atoms. The van der Waals surface area contributed by atoms with Gasteiger partial charge in [-0.3, -0.25) is 0 Å². The minimum atomic E-state index is -3.40. The highest BCUT2D eigenvalue weighted by atomic mass is 32.2. The van der Waals surface area contributed by atoms with E-state index in [2.05, 4.69) is 0 Å². The van der Waals surface area contributed by atoms with Crippen molar-refractivity contribution >= 4 is 10.0 Å². The van der Waals surface area contributed by atoms with E-state index in [0.29, 0.717) is 44.7 Å². The molecule has 7 heteroatoms. The summed E-state index contributed by atoms with van der Waals surface area (Å²) >= 11 is 0. The lowest BCUT2D eigenvalue weighted by Crippen LogP contribution is -2.51. The first kappa shape index (κ1) is 15.9. The summed E-state index contributed by atoms with van der Waals surface area (Å²) in [5, 5.41) is 0. The van der Waals surface area contributed by atoms with E-state index < -0.39 is 15.8 Å². The Morgan fingerprint density at radius 3 is 2.27 bits per heavy atom. The number of nitrogens with zero attached hydrogens (tertiary/aromatic N) is 1. The Morgan fingerprint density at radius 2 is 1.68 bits per heavy atom. The van der Waals surface area contributed by atoms with E-state index in [1.165, 1.54) is 28.6 Å². The number of hydrogen-bond acceptors (Lipinski definition) is 4. The van der Waals surface area contributed by atoms with Crippen LogP contribution >= 0.6 is 0 Å². The molecule has 22 heavy (non-hydrogen) atoms. The zero-order valence-corrected chi connectivity index (χ0v) is 13.1. The molecule has 0 N–H and O–H groups in total. The number of rotatable bonds is 3. The quantitative estimate of drug-likeness (QED) is 0.850. The summed E-state index contributed by atoms with van der Waals surface area (Å²) in [6, 6.07) is 5.57. The number of hydrogen-bond donors (Lipinski definition) is 0. The van der Waals surface area contributed by atoms with Crippen LogP contribution in [-0.4, -0.2) is 44.8 Å². The van der Waals surface area contributed by atoms with Crippen LogP contribution < -0.4 is 0 Å². The van der Waals surface area contributed by atoms with Crippen LogP contribution in [0.1, 0.15) is 24.8 Å². The lowest BCUT2D eigenvalue weighted by atomic mass is 10.0. The van der Waals surface area contributed by atoms with Crippen LogP contribution in [0, 0.1) is 5.82 Å². The third-order valence-corrected chi connectivity index (χ3v) is 6.01. The fourth-order valence-electron chi connectivity index (χ4n) is 2.89. The Morgan fingerprint density at radius 1 is 1.09 bits per heavy atom. The second-order valence-electron chi connectivity index (χ2n) is 5.74. The maximum absolute atomic E-state index is 12.9. The van der Waals surface area contributed by atoms with Crippen molar-refractivity contribution in [2.24, 2.45) is 0 Å². The molecule has 0 amide bonds. The minimum absolute atomic E-state index is 0.109. The molecule has 2 aliphatic rings. The highest BCUT2D eigenvalue weighted by molar-refractivity contribution is 7.88. The number of piperidine rings is 1. The average Bonchev–Trinajstić information content (AvgIpc) is 2.51. The first-order valence-electron chi connectivity index (χ1n) is 7.49. The average molecular weight is 329 g/mol. The van der Waals surface area contributed by atoms with Crippen molar-refractivity contribution in [2.75, 3.05) is 26.3 Å². The lowest BCUT2D eigenvalue weighted by molar-refractivity contribution is -0.280. The minimum Gasteiger partial charge on any atom is -0.350 e. The monoisotopic (exact) mass is 329 g/mol. The van der Waals surface area contributed by atoms with Crippen molar-refractivity contribution in [2.45, 2.75) is 30.8 Å². The topological polar surface area (TPSA) is 55.8 Å². The molecule has 0 aromatic heterocycles. The second kappa shape index (κ2) is 6.23. The Hall–Kier alpha value is -1.02. The van der Waals surface area contributed by atoms with Gasteiger partial charge in [-0.1, -0.05) is 12.1 Å². The van der Waals surface area contributed by atoms with Crippen LogP contribution in [0.4, 0.5) is 4.39 Å². The SMILES string of the molecule is O=S(=O)(Cc1ccc(F)cc1)N1CCC2(CC1)OCCCO2. The van der Waals surface area contributed by atoms with E-state index in [1.54, 1.807) is 0 Å². The normalized spacial score (nSPS) is 22.8. The van der Waals surface area contributed by atoms with Gasteiger partial charge in [0.1, 0.15) is 5.82 Å². The van der Waals surface area contributed by atoms with Gasteiger partial charge in [0.05, 0.1) is 19.0 Å². The fourth-order valence-corrected chi connectivity index (χ4v) is 4.43. The summed E-state index contributed by atoms with van der Waals surface area (Å²) in [7, 11) is -3.40. The molecule has 2 saturated heterocycles. The smallest absolute Gasteiger partial charge is 0.218 e. The number of sulfonamides is 1. The molecule has 1 aromatic carbocycles. The van der Waals surface area contributed by atoms with Crippen molar-refractivity contribution in [3.05, 3.63) is 35.6 Å². The number of halogens is 1. The standard InChI is InChI=1S/C15H20FNO4S/c16-14-4-2-13(3-5-14)12-22(18,19)17-8-6-15(7-9-17)20-10-1-11-21-15/h2-5H,1,6-12H2. The molecule has 0 radical (unpaired) electrons. The zero-order valence-electron chi connectivity index (χ0n) is 12.3. The van der Waals surface area contributed by atoms with Crippen LogP contribution in [0.2, 0.25) is 0 Å². The second-order valence-corrected chi connectivity index (χ2v) is 7.71. The third-order valence-electron chi connectivity index (χ3n) is 4.16.